The normalized spacial score (nSPS) is 24.0. The van der Waals surface area contributed by atoms with E-state index in [9.17, 15) is 19.1 Å². The van der Waals surface area contributed by atoms with Gasteiger partial charge in [0.15, 0.2) is 12.3 Å². The summed E-state index contributed by atoms with van der Waals surface area (Å²) in [5.74, 6) is -1.00. The molecule has 1 heterocycles. The minimum atomic E-state index is -1.47. The number of alkyl halides is 2. The van der Waals surface area contributed by atoms with Crippen LogP contribution in [-0.4, -0.2) is 56.9 Å². The number of thioether (sulfide) groups is 2. The van der Waals surface area contributed by atoms with E-state index in [0.29, 0.717) is 17.7 Å². The van der Waals surface area contributed by atoms with Gasteiger partial charge in [-0.25, -0.2) is 9.18 Å². The Kier molecular flexibility index (Phi) is 8.83. The van der Waals surface area contributed by atoms with Crippen LogP contribution in [0.2, 0.25) is 0 Å². The third-order valence-corrected chi connectivity index (χ3v) is 7.90. The molecule has 1 aliphatic rings. The predicted octanol–water partition coefficient (Wildman–Crippen LogP) is 4.81. The Morgan fingerprint density at radius 1 is 1.19 bits per heavy atom. The van der Waals surface area contributed by atoms with Crippen LogP contribution in [0, 0.1) is 0 Å². The van der Waals surface area contributed by atoms with E-state index in [4.69, 9.17) is 4.74 Å². The molecule has 2 N–H and O–H groups in total. The van der Waals surface area contributed by atoms with Gasteiger partial charge in [0.2, 0.25) is 0 Å². The van der Waals surface area contributed by atoms with Crippen LogP contribution in [0.3, 0.4) is 0 Å². The SMILES string of the molecule is CSCC[C@H](N[C@@H]1S[C@H](Br)[C@@H](F)[C@@H]1OC(=O)c1ccc(-c2ccccc2)cc1)C(=O)O. The van der Waals surface area contributed by atoms with Gasteiger partial charge < -0.3 is 9.84 Å². The van der Waals surface area contributed by atoms with Gasteiger partial charge in [0.25, 0.3) is 0 Å². The lowest BCUT2D eigenvalue weighted by atomic mass is 10.0. The summed E-state index contributed by atoms with van der Waals surface area (Å²) >= 11 is 5.97. The second-order valence-electron chi connectivity index (χ2n) is 7.00. The number of carboxylic acids is 1. The number of carbonyl (C=O) groups is 2. The molecule has 0 bridgehead atoms. The zero-order valence-electron chi connectivity index (χ0n) is 16.7. The average Bonchev–Trinajstić information content (AvgIpc) is 3.04. The minimum Gasteiger partial charge on any atom is -0.480 e. The zero-order valence-corrected chi connectivity index (χ0v) is 20.0. The van der Waals surface area contributed by atoms with Gasteiger partial charge in [0, 0.05) is 0 Å². The van der Waals surface area contributed by atoms with Crippen molar-refractivity contribution >= 4 is 51.4 Å². The van der Waals surface area contributed by atoms with E-state index < -0.39 is 39.8 Å². The number of carbonyl (C=O) groups excluding carboxylic acids is 1. The van der Waals surface area contributed by atoms with Gasteiger partial charge in [0.1, 0.15) is 6.04 Å². The van der Waals surface area contributed by atoms with Crippen molar-refractivity contribution in [2.75, 3.05) is 12.0 Å². The molecule has 0 amide bonds. The Hall–Kier alpha value is -1.55. The van der Waals surface area contributed by atoms with E-state index >= 15 is 0 Å². The molecule has 0 radical (unpaired) electrons. The Morgan fingerprint density at radius 3 is 2.45 bits per heavy atom. The molecule has 0 unspecified atom stereocenters. The third-order valence-electron chi connectivity index (χ3n) is 4.88. The average molecular weight is 528 g/mol. The Balaban J connectivity index is 1.69. The van der Waals surface area contributed by atoms with Crippen molar-refractivity contribution in [3.8, 4) is 11.1 Å². The molecule has 0 aliphatic carbocycles. The molecule has 3 rings (SSSR count). The summed E-state index contributed by atoms with van der Waals surface area (Å²) in [6, 6.07) is 15.8. The topological polar surface area (TPSA) is 75.6 Å². The molecule has 2 aromatic rings. The number of aliphatic carboxylic acids is 1. The van der Waals surface area contributed by atoms with Crippen molar-refractivity contribution in [2.45, 2.75) is 34.3 Å². The number of hydrogen-bond donors (Lipinski definition) is 2. The van der Waals surface area contributed by atoms with E-state index in [2.05, 4.69) is 21.2 Å². The van der Waals surface area contributed by atoms with Gasteiger partial charge in [-0.05, 0) is 41.7 Å². The van der Waals surface area contributed by atoms with Crippen molar-refractivity contribution < 1.29 is 23.8 Å². The number of hydrogen-bond acceptors (Lipinski definition) is 6. The van der Waals surface area contributed by atoms with Gasteiger partial charge in [-0.2, -0.15) is 11.8 Å². The highest BCUT2D eigenvalue weighted by Gasteiger charge is 2.47. The lowest BCUT2D eigenvalue weighted by Crippen LogP contribution is -2.48. The fraction of sp³-hybridized carbons (Fsp3) is 0.364. The first-order valence-corrected chi connectivity index (χ1v) is 12.9. The van der Waals surface area contributed by atoms with Crippen LogP contribution in [0.1, 0.15) is 16.8 Å². The van der Waals surface area contributed by atoms with Crippen molar-refractivity contribution in [1.82, 2.24) is 5.32 Å². The Labute approximate surface area is 197 Å². The van der Waals surface area contributed by atoms with E-state index in [-0.39, 0.29) is 0 Å². The minimum absolute atomic E-state index is 0.311. The second-order valence-corrected chi connectivity index (χ2v) is 10.9. The lowest BCUT2D eigenvalue weighted by molar-refractivity contribution is -0.139. The van der Waals surface area contributed by atoms with Gasteiger partial charge >= 0.3 is 11.9 Å². The summed E-state index contributed by atoms with van der Waals surface area (Å²) in [6.45, 7) is 0. The van der Waals surface area contributed by atoms with Crippen LogP contribution in [0.5, 0.6) is 0 Å². The van der Waals surface area contributed by atoms with Gasteiger partial charge in [0.05, 0.1) is 15.1 Å². The van der Waals surface area contributed by atoms with Crippen molar-refractivity contribution in [2.24, 2.45) is 0 Å². The third kappa shape index (κ3) is 6.25. The number of nitrogens with one attached hydrogen (secondary N) is 1. The highest BCUT2D eigenvalue weighted by molar-refractivity contribution is 9.11. The molecule has 2 aromatic carbocycles. The quantitative estimate of drug-likeness (QED) is 0.358. The first-order valence-electron chi connectivity index (χ1n) is 9.68. The van der Waals surface area contributed by atoms with Crippen LogP contribution < -0.4 is 5.32 Å². The molecule has 0 spiro atoms. The van der Waals surface area contributed by atoms with Gasteiger partial charge in [-0.15, -0.1) is 11.8 Å². The molecular formula is C22H23BrFNO4S2. The van der Waals surface area contributed by atoms with Crippen molar-refractivity contribution in [3.63, 3.8) is 0 Å². The highest BCUT2D eigenvalue weighted by atomic mass is 79.9. The Morgan fingerprint density at radius 2 is 1.84 bits per heavy atom. The molecule has 1 saturated heterocycles. The van der Waals surface area contributed by atoms with Crippen molar-refractivity contribution in [3.05, 3.63) is 60.2 Å². The number of halogens is 2. The fourth-order valence-corrected chi connectivity index (χ4v) is 5.86. The summed E-state index contributed by atoms with van der Waals surface area (Å²) < 4.78 is 19.7. The molecule has 5 nitrogen and oxygen atoms in total. The lowest BCUT2D eigenvalue weighted by Gasteiger charge is -2.24. The number of carboxylic acid groups (broad SMARTS) is 1. The van der Waals surface area contributed by atoms with Crippen LogP contribution in [0.4, 0.5) is 4.39 Å². The highest BCUT2D eigenvalue weighted by Crippen LogP contribution is 2.40. The van der Waals surface area contributed by atoms with E-state index in [1.807, 2.05) is 48.7 Å². The number of benzene rings is 2. The molecular weight excluding hydrogens is 505 g/mol. The molecule has 5 atom stereocenters. The van der Waals surface area contributed by atoms with E-state index in [0.717, 1.165) is 11.1 Å². The van der Waals surface area contributed by atoms with Gasteiger partial charge in [-0.3, -0.25) is 10.1 Å². The van der Waals surface area contributed by atoms with Crippen LogP contribution >= 0.6 is 39.5 Å². The van der Waals surface area contributed by atoms with Crippen LogP contribution in [0.15, 0.2) is 54.6 Å². The second kappa shape index (κ2) is 11.4. The molecule has 166 valence electrons. The van der Waals surface area contributed by atoms with Crippen molar-refractivity contribution in [1.29, 1.82) is 0 Å². The molecule has 0 aromatic heterocycles. The summed E-state index contributed by atoms with van der Waals surface area (Å²) in [7, 11) is 0. The maximum Gasteiger partial charge on any atom is 0.338 e. The fourth-order valence-electron chi connectivity index (χ4n) is 3.20. The first kappa shape index (κ1) is 24.1. The molecule has 1 fully saturated rings. The molecule has 0 saturated carbocycles. The first-order chi connectivity index (χ1) is 14.9. The monoisotopic (exact) mass is 527 g/mol. The van der Waals surface area contributed by atoms with Crippen LogP contribution in [0.25, 0.3) is 11.1 Å². The molecule has 1 aliphatic heterocycles. The molecule has 31 heavy (non-hydrogen) atoms. The maximum absolute atomic E-state index is 14.8. The largest absolute Gasteiger partial charge is 0.480 e. The standard InChI is InChI=1S/C22H23BrFNO4S2/c1-30-12-11-16(21(26)27)25-20-18(17(24)19(23)31-20)29-22(28)15-9-7-14(8-10-15)13-5-3-2-4-6-13/h2-10,16-20,25H,11-12H2,1H3,(H,26,27)/t16-,17-,18-,19-,20+/m0/s1. The summed E-state index contributed by atoms with van der Waals surface area (Å²) in [4.78, 5) is 24.2. The van der Waals surface area contributed by atoms with Gasteiger partial charge in [-0.1, -0.05) is 58.4 Å². The number of esters is 1. The van der Waals surface area contributed by atoms with E-state index in [1.165, 1.54) is 23.5 Å². The summed E-state index contributed by atoms with van der Waals surface area (Å²) in [6.07, 6.45) is -0.293. The van der Waals surface area contributed by atoms with E-state index in [1.54, 1.807) is 12.1 Å². The Bertz CT molecular complexity index is 887. The smallest absolute Gasteiger partial charge is 0.338 e. The number of ether oxygens (including phenoxy) is 1. The van der Waals surface area contributed by atoms with Crippen LogP contribution in [-0.2, 0) is 9.53 Å². The predicted molar refractivity (Wildman–Crippen MR) is 128 cm³/mol. The summed E-state index contributed by atoms with van der Waals surface area (Å²) in [5, 5.41) is 11.7. The zero-order chi connectivity index (χ0) is 22.4. The maximum atomic E-state index is 14.8. The summed E-state index contributed by atoms with van der Waals surface area (Å²) in [5.41, 5.74) is 2.29. The number of rotatable bonds is 9. The molecule has 9 heteroatoms.